The quantitative estimate of drug-likeness (QED) is 0.748. The van der Waals surface area contributed by atoms with Crippen molar-refractivity contribution in [3.8, 4) is 0 Å². The van der Waals surface area contributed by atoms with E-state index in [1.165, 1.54) is 11.1 Å². The van der Waals surface area contributed by atoms with Crippen LogP contribution < -0.4 is 0 Å². The zero-order chi connectivity index (χ0) is 13.2. The second-order valence-electron chi connectivity index (χ2n) is 4.51. The second-order valence-corrected chi connectivity index (χ2v) is 5.42. The predicted molar refractivity (Wildman–Crippen MR) is 84.4 cm³/mol. The number of benzene rings is 1. The maximum Gasteiger partial charge on any atom is 0.0709 e. The Morgan fingerprint density at radius 3 is 2.74 bits per heavy atom. The van der Waals surface area contributed by atoms with Crippen molar-refractivity contribution in [3.63, 3.8) is 0 Å². The number of aliphatic imine (C=N–C) groups is 1. The van der Waals surface area contributed by atoms with Crippen LogP contribution in [0.5, 0.6) is 0 Å². The van der Waals surface area contributed by atoms with E-state index in [0.717, 1.165) is 15.7 Å². The van der Waals surface area contributed by atoms with Crippen LogP contribution in [-0.4, -0.2) is 18.2 Å². The fourth-order valence-corrected chi connectivity index (χ4v) is 2.36. The Morgan fingerprint density at radius 1 is 1.16 bits per heavy atom. The Morgan fingerprint density at radius 2 is 1.95 bits per heavy atom. The number of hydrogen-bond donors (Lipinski definition) is 0. The van der Waals surface area contributed by atoms with E-state index >= 15 is 0 Å². The first-order valence-electron chi connectivity index (χ1n) is 6.07. The molecule has 94 valence electrons. The van der Waals surface area contributed by atoms with Gasteiger partial charge in [-0.2, -0.15) is 0 Å². The van der Waals surface area contributed by atoms with Crippen LogP contribution in [0.1, 0.15) is 5.56 Å². The lowest BCUT2D eigenvalue weighted by Gasteiger charge is -2.11. The van der Waals surface area contributed by atoms with Gasteiger partial charge in [-0.15, -0.1) is 0 Å². The molecule has 0 spiro atoms. The van der Waals surface area contributed by atoms with Crippen molar-refractivity contribution >= 4 is 33.4 Å². The first-order chi connectivity index (χ1) is 9.22. The lowest BCUT2D eigenvalue weighted by Crippen LogP contribution is -2.02. The number of nitrogens with zero attached hydrogens (tertiary/aromatic N) is 2. The van der Waals surface area contributed by atoms with Gasteiger partial charge in [0, 0.05) is 41.3 Å². The molecule has 0 unspecified atom stereocenters. The minimum Gasteiger partial charge on any atom is -0.357 e. The molecule has 3 rings (SSSR count). The second kappa shape index (κ2) is 5.02. The molecule has 0 aliphatic carbocycles. The highest BCUT2D eigenvalue weighted by atomic mass is 79.9. The molecular weight excluding hydrogens is 300 g/mol. The van der Waals surface area contributed by atoms with Gasteiger partial charge in [-0.05, 0) is 35.9 Å². The molecule has 3 heteroatoms. The van der Waals surface area contributed by atoms with Crippen LogP contribution in [0, 0.1) is 0 Å². The van der Waals surface area contributed by atoms with Crippen molar-refractivity contribution in [2.45, 2.75) is 0 Å². The van der Waals surface area contributed by atoms with E-state index in [1.807, 2.05) is 42.7 Å². The Hall–Kier alpha value is -1.87. The van der Waals surface area contributed by atoms with Crippen LogP contribution in [0.4, 0.5) is 5.69 Å². The number of halogens is 1. The van der Waals surface area contributed by atoms with E-state index < -0.39 is 0 Å². The molecule has 1 aromatic carbocycles. The lowest BCUT2D eigenvalue weighted by atomic mass is 10.1. The monoisotopic (exact) mass is 312 g/mol. The van der Waals surface area contributed by atoms with Gasteiger partial charge in [0.2, 0.25) is 0 Å². The maximum atomic E-state index is 4.41. The van der Waals surface area contributed by atoms with Crippen molar-refractivity contribution in [3.05, 3.63) is 70.5 Å². The zero-order valence-electron chi connectivity index (χ0n) is 10.5. The van der Waals surface area contributed by atoms with Crippen molar-refractivity contribution in [2.75, 3.05) is 7.05 Å². The molecule has 0 radical (unpaired) electrons. The summed E-state index contributed by atoms with van der Waals surface area (Å²) in [5, 5.41) is 0. The van der Waals surface area contributed by atoms with Gasteiger partial charge < -0.3 is 4.90 Å². The fourth-order valence-electron chi connectivity index (χ4n) is 2.00. The van der Waals surface area contributed by atoms with Crippen LogP contribution in [0.15, 0.2) is 69.9 Å². The van der Waals surface area contributed by atoms with Crippen molar-refractivity contribution in [1.82, 2.24) is 4.90 Å². The minimum atomic E-state index is 1.03. The smallest absolute Gasteiger partial charge is 0.0709 e. The van der Waals surface area contributed by atoms with Gasteiger partial charge in [-0.25, -0.2) is 0 Å². The lowest BCUT2D eigenvalue weighted by molar-refractivity contribution is 0.620. The molecule has 19 heavy (non-hydrogen) atoms. The summed E-state index contributed by atoms with van der Waals surface area (Å²) in [6.45, 7) is 0. The predicted octanol–water partition coefficient (Wildman–Crippen LogP) is 4.45. The molecule has 0 fully saturated rings. The normalized spacial score (nSPS) is 18.3. The highest BCUT2D eigenvalue weighted by Gasteiger charge is 2.11. The SMILES string of the molecule is CN1C=CC(=C/C=C2/C=Nc3ccc(Br)cc32)C=C1. The Balaban J connectivity index is 1.90. The molecular formula is C16H13BrN2. The fraction of sp³-hybridized carbons (Fsp3) is 0.0625. The number of allylic oxidation sites excluding steroid dienone is 6. The molecule has 0 saturated carbocycles. The van der Waals surface area contributed by atoms with E-state index in [0.29, 0.717) is 0 Å². The third-order valence-corrected chi connectivity index (χ3v) is 3.57. The van der Waals surface area contributed by atoms with Gasteiger partial charge in [0.15, 0.2) is 0 Å². The summed E-state index contributed by atoms with van der Waals surface area (Å²) in [6, 6.07) is 6.15. The number of rotatable bonds is 1. The molecule has 2 nitrogen and oxygen atoms in total. The topological polar surface area (TPSA) is 15.6 Å². The van der Waals surface area contributed by atoms with Gasteiger partial charge >= 0.3 is 0 Å². The summed E-state index contributed by atoms with van der Waals surface area (Å²) >= 11 is 3.50. The summed E-state index contributed by atoms with van der Waals surface area (Å²) in [7, 11) is 2.01. The number of fused-ring (bicyclic) bond motifs is 1. The highest BCUT2D eigenvalue weighted by molar-refractivity contribution is 9.10. The minimum absolute atomic E-state index is 1.03. The van der Waals surface area contributed by atoms with Crippen LogP contribution >= 0.6 is 15.9 Å². The summed E-state index contributed by atoms with van der Waals surface area (Å²) in [5.41, 5.74) is 4.53. The highest BCUT2D eigenvalue weighted by Crippen LogP contribution is 2.33. The van der Waals surface area contributed by atoms with Crippen molar-refractivity contribution in [1.29, 1.82) is 0 Å². The zero-order valence-corrected chi connectivity index (χ0v) is 12.1. The molecule has 2 aliphatic heterocycles. The first-order valence-corrected chi connectivity index (χ1v) is 6.86. The third kappa shape index (κ3) is 2.61. The maximum absolute atomic E-state index is 4.41. The largest absolute Gasteiger partial charge is 0.357 e. The molecule has 1 aromatic rings. The molecule has 2 aliphatic rings. The molecule has 0 amide bonds. The third-order valence-electron chi connectivity index (χ3n) is 3.07. The molecule has 0 atom stereocenters. The molecule has 0 N–H and O–H groups in total. The summed E-state index contributed by atoms with van der Waals surface area (Å²) < 4.78 is 1.08. The summed E-state index contributed by atoms with van der Waals surface area (Å²) in [6.07, 6.45) is 14.4. The van der Waals surface area contributed by atoms with Gasteiger partial charge in [-0.1, -0.05) is 28.1 Å². The van der Waals surface area contributed by atoms with Crippen LogP contribution in [0.3, 0.4) is 0 Å². The average Bonchev–Trinajstić information content (AvgIpc) is 2.80. The van der Waals surface area contributed by atoms with Crippen LogP contribution in [0.25, 0.3) is 5.57 Å². The van der Waals surface area contributed by atoms with Crippen LogP contribution in [0.2, 0.25) is 0 Å². The first kappa shape index (κ1) is 12.2. The van der Waals surface area contributed by atoms with Crippen molar-refractivity contribution < 1.29 is 0 Å². The summed E-state index contributed by atoms with van der Waals surface area (Å²) in [4.78, 5) is 6.43. The summed E-state index contributed by atoms with van der Waals surface area (Å²) in [5.74, 6) is 0. The van der Waals surface area contributed by atoms with Crippen LogP contribution in [-0.2, 0) is 0 Å². The van der Waals surface area contributed by atoms with E-state index in [-0.39, 0.29) is 0 Å². The molecule has 0 bridgehead atoms. The van der Waals surface area contributed by atoms with Gasteiger partial charge in [0.05, 0.1) is 5.69 Å². The van der Waals surface area contributed by atoms with E-state index in [4.69, 9.17) is 0 Å². The van der Waals surface area contributed by atoms with Crippen molar-refractivity contribution in [2.24, 2.45) is 4.99 Å². The Labute approximate surface area is 121 Å². The van der Waals surface area contributed by atoms with E-state index in [2.05, 4.69) is 51.3 Å². The number of hydrogen-bond acceptors (Lipinski definition) is 2. The Bertz CT molecular complexity index is 647. The van der Waals surface area contributed by atoms with E-state index in [9.17, 15) is 0 Å². The standard InChI is InChI=1S/C16H13BrN2/c1-19-8-6-12(7-9-19)2-3-13-11-18-16-5-4-14(17)10-15(13)16/h2-11H,1H3/b13-3-. The van der Waals surface area contributed by atoms with Gasteiger partial charge in [0.1, 0.15) is 0 Å². The average molecular weight is 313 g/mol. The molecule has 0 saturated heterocycles. The molecule has 2 heterocycles. The van der Waals surface area contributed by atoms with Gasteiger partial charge in [-0.3, -0.25) is 4.99 Å². The van der Waals surface area contributed by atoms with Gasteiger partial charge in [0.25, 0.3) is 0 Å². The molecule has 0 aromatic heterocycles. The Kier molecular flexibility index (Phi) is 3.22. The van der Waals surface area contributed by atoms with E-state index in [1.54, 1.807) is 0 Å².